The minimum absolute atomic E-state index is 1.00. The smallest absolute Gasteiger partial charge is 0.0319 e. The first kappa shape index (κ1) is 14.4. The van der Waals surface area contributed by atoms with Crippen LogP contribution in [-0.4, -0.2) is 12.2 Å². The van der Waals surface area contributed by atoms with Crippen LogP contribution in [0.5, 0.6) is 0 Å². The first-order valence-electron chi connectivity index (χ1n) is 5.17. The van der Waals surface area contributed by atoms with Gasteiger partial charge in [-0.15, -0.1) is 0 Å². The molecule has 0 aromatic heterocycles. The number of allylic oxidation sites excluding steroid dienone is 4. The van der Waals surface area contributed by atoms with Crippen molar-refractivity contribution >= 4 is 5.57 Å². The van der Waals surface area contributed by atoms with Crippen LogP contribution in [0.15, 0.2) is 55.1 Å². The van der Waals surface area contributed by atoms with Gasteiger partial charge in [-0.1, -0.05) is 49.6 Å². The van der Waals surface area contributed by atoms with Crippen molar-refractivity contribution in [3.63, 3.8) is 0 Å². The summed E-state index contributed by atoms with van der Waals surface area (Å²) in [4.78, 5) is 0. The number of aliphatic hydroxyl groups is 1. The highest BCUT2D eigenvalue weighted by molar-refractivity contribution is 5.79. The van der Waals surface area contributed by atoms with E-state index in [1.807, 2.05) is 24.3 Å². The number of hydrogen-bond donors (Lipinski definition) is 1. The van der Waals surface area contributed by atoms with Gasteiger partial charge in [0.2, 0.25) is 0 Å². The van der Waals surface area contributed by atoms with Gasteiger partial charge < -0.3 is 5.11 Å². The van der Waals surface area contributed by atoms with Crippen molar-refractivity contribution in [1.82, 2.24) is 0 Å². The van der Waals surface area contributed by atoms with Gasteiger partial charge in [0.05, 0.1) is 0 Å². The Balaban J connectivity index is 0.00000106. The molecule has 1 nitrogen and oxygen atoms in total. The van der Waals surface area contributed by atoms with E-state index in [-0.39, 0.29) is 0 Å². The monoisotopic (exact) mass is 216 g/mol. The molecule has 0 aliphatic carbocycles. The average molecular weight is 216 g/mol. The highest BCUT2D eigenvalue weighted by Gasteiger charge is 2.02. The summed E-state index contributed by atoms with van der Waals surface area (Å²) in [6, 6.07) is 8.31. The lowest BCUT2D eigenvalue weighted by atomic mass is 9.97. The van der Waals surface area contributed by atoms with Crippen LogP contribution < -0.4 is 0 Å². The molecule has 1 N–H and O–H groups in total. The molecule has 0 heterocycles. The van der Waals surface area contributed by atoms with Crippen molar-refractivity contribution < 1.29 is 5.11 Å². The molecule has 1 rings (SSSR count). The van der Waals surface area contributed by atoms with Gasteiger partial charge in [0.1, 0.15) is 0 Å². The largest absolute Gasteiger partial charge is 0.400 e. The van der Waals surface area contributed by atoms with E-state index in [0.717, 1.165) is 18.3 Å². The molecule has 1 aromatic carbocycles. The summed E-state index contributed by atoms with van der Waals surface area (Å²) in [6.07, 6.45) is 3.75. The van der Waals surface area contributed by atoms with Crippen molar-refractivity contribution in [2.45, 2.75) is 13.8 Å². The van der Waals surface area contributed by atoms with E-state index in [2.05, 4.69) is 39.1 Å². The van der Waals surface area contributed by atoms with E-state index in [1.54, 1.807) is 0 Å². The normalized spacial score (nSPS) is 10.8. The van der Waals surface area contributed by atoms with E-state index in [9.17, 15) is 0 Å². The Bertz CT molecular complexity index is 386. The molecule has 1 aromatic rings. The quantitative estimate of drug-likeness (QED) is 0.763. The molecule has 0 amide bonds. The molecule has 0 saturated carbocycles. The van der Waals surface area contributed by atoms with Crippen LogP contribution in [0.3, 0.4) is 0 Å². The maximum absolute atomic E-state index is 7.00. The van der Waals surface area contributed by atoms with Crippen molar-refractivity contribution in [3.05, 3.63) is 66.3 Å². The summed E-state index contributed by atoms with van der Waals surface area (Å²) < 4.78 is 0. The second kappa shape index (κ2) is 7.66. The van der Waals surface area contributed by atoms with Crippen molar-refractivity contribution in [2.24, 2.45) is 0 Å². The number of aliphatic hydroxyl groups excluding tert-OH is 1. The molecule has 0 aliphatic rings. The third kappa shape index (κ3) is 3.52. The molecule has 0 unspecified atom stereocenters. The minimum Gasteiger partial charge on any atom is -0.400 e. The summed E-state index contributed by atoms with van der Waals surface area (Å²) in [5.74, 6) is 0. The lowest BCUT2D eigenvalue weighted by Crippen LogP contribution is -1.88. The van der Waals surface area contributed by atoms with Crippen molar-refractivity contribution in [2.75, 3.05) is 7.11 Å². The Morgan fingerprint density at radius 1 is 1.12 bits per heavy atom. The Kier molecular flexibility index (Phi) is 6.89. The number of benzene rings is 1. The summed E-state index contributed by atoms with van der Waals surface area (Å²) >= 11 is 0. The van der Waals surface area contributed by atoms with Gasteiger partial charge in [0, 0.05) is 7.11 Å². The number of hydrogen-bond acceptors (Lipinski definition) is 1. The van der Waals surface area contributed by atoms with Gasteiger partial charge in [0.25, 0.3) is 0 Å². The van der Waals surface area contributed by atoms with E-state index < -0.39 is 0 Å². The molecule has 16 heavy (non-hydrogen) atoms. The highest BCUT2D eigenvalue weighted by Crippen LogP contribution is 2.23. The first-order chi connectivity index (χ1) is 7.70. The minimum atomic E-state index is 1.00. The zero-order valence-electron chi connectivity index (χ0n) is 10.3. The SMILES string of the molecule is C=C/C(C)=C(\C=C)c1ccccc1C.CO. The molecule has 86 valence electrons. The zero-order chi connectivity index (χ0) is 12.6. The predicted octanol–water partition coefficient (Wildman–Crippen LogP) is 3.75. The summed E-state index contributed by atoms with van der Waals surface area (Å²) in [7, 11) is 1.00. The first-order valence-corrected chi connectivity index (χ1v) is 5.17. The standard InChI is InChI=1S/C14H16.CH4O/c1-5-11(3)13(6-2)14-10-8-7-9-12(14)4;1-2/h5-10H,1-2H2,3-4H3;2H,1H3/b13-11+;. The third-order valence-electron chi connectivity index (χ3n) is 2.37. The van der Waals surface area contributed by atoms with Gasteiger partial charge in [-0.25, -0.2) is 0 Å². The molecule has 0 fully saturated rings. The Hall–Kier alpha value is -1.60. The van der Waals surface area contributed by atoms with Crippen molar-refractivity contribution in [3.8, 4) is 0 Å². The molecular formula is C15H20O. The highest BCUT2D eigenvalue weighted by atomic mass is 16.2. The van der Waals surface area contributed by atoms with E-state index in [4.69, 9.17) is 5.11 Å². The van der Waals surface area contributed by atoms with Gasteiger partial charge in [-0.05, 0) is 36.1 Å². The van der Waals surface area contributed by atoms with Gasteiger partial charge in [-0.3, -0.25) is 0 Å². The topological polar surface area (TPSA) is 20.2 Å². The van der Waals surface area contributed by atoms with Crippen LogP contribution in [0.4, 0.5) is 0 Å². The Morgan fingerprint density at radius 2 is 1.69 bits per heavy atom. The Morgan fingerprint density at radius 3 is 2.12 bits per heavy atom. The Labute approximate surface area is 98.4 Å². The molecule has 0 bridgehead atoms. The van der Waals surface area contributed by atoms with Crippen LogP contribution in [0.2, 0.25) is 0 Å². The fraction of sp³-hybridized carbons (Fsp3) is 0.200. The second-order valence-electron chi connectivity index (χ2n) is 3.32. The van der Waals surface area contributed by atoms with Gasteiger partial charge >= 0.3 is 0 Å². The molecule has 0 radical (unpaired) electrons. The molecule has 0 atom stereocenters. The van der Waals surface area contributed by atoms with Crippen LogP contribution in [0.25, 0.3) is 5.57 Å². The van der Waals surface area contributed by atoms with Gasteiger partial charge in [0.15, 0.2) is 0 Å². The fourth-order valence-electron chi connectivity index (χ4n) is 1.47. The predicted molar refractivity (Wildman–Crippen MR) is 72.3 cm³/mol. The molecule has 1 heteroatoms. The summed E-state index contributed by atoms with van der Waals surface area (Å²) in [6.45, 7) is 11.8. The lowest BCUT2D eigenvalue weighted by Gasteiger charge is -2.08. The number of aryl methyl sites for hydroxylation is 1. The molecule has 0 aliphatic heterocycles. The van der Waals surface area contributed by atoms with Crippen LogP contribution in [0.1, 0.15) is 18.1 Å². The molecule has 0 saturated heterocycles. The molecule has 0 spiro atoms. The fourth-order valence-corrected chi connectivity index (χ4v) is 1.47. The maximum atomic E-state index is 7.00. The van der Waals surface area contributed by atoms with Crippen LogP contribution in [-0.2, 0) is 0 Å². The van der Waals surface area contributed by atoms with E-state index >= 15 is 0 Å². The van der Waals surface area contributed by atoms with E-state index in [0.29, 0.717) is 0 Å². The summed E-state index contributed by atoms with van der Waals surface area (Å²) in [5, 5.41) is 7.00. The van der Waals surface area contributed by atoms with Gasteiger partial charge in [-0.2, -0.15) is 0 Å². The van der Waals surface area contributed by atoms with Crippen LogP contribution in [0, 0.1) is 6.92 Å². The second-order valence-corrected chi connectivity index (χ2v) is 3.32. The average Bonchev–Trinajstić information content (AvgIpc) is 2.34. The summed E-state index contributed by atoms with van der Waals surface area (Å²) in [5.41, 5.74) is 4.83. The third-order valence-corrected chi connectivity index (χ3v) is 2.37. The van der Waals surface area contributed by atoms with Crippen LogP contribution >= 0.6 is 0 Å². The zero-order valence-corrected chi connectivity index (χ0v) is 10.3. The van der Waals surface area contributed by atoms with Crippen molar-refractivity contribution in [1.29, 1.82) is 0 Å². The van der Waals surface area contributed by atoms with E-state index in [1.165, 1.54) is 11.1 Å². The molecular weight excluding hydrogens is 196 g/mol. The lowest BCUT2D eigenvalue weighted by molar-refractivity contribution is 0.399. The number of rotatable bonds is 3. The maximum Gasteiger partial charge on any atom is 0.0319 e.